The molecule has 2 fully saturated rings. The molecule has 0 aromatic carbocycles. The topological polar surface area (TPSA) is 78.7 Å². The van der Waals surface area contributed by atoms with Crippen LogP contribution in [0.2, 0.25) is 0 Å². The Morgan fingerprint density at radius 2 is 1.86 bits per heavy atom. The molecule has 0 bridgehead atoms. The van der Waals surface area contributed by atoms with Crippen molar-refractivity contribution >= 4 is 11.9 Å². The first-order chi connectivity index (χ1) is 10.2. The van der Waals surface area contributed by atoms with Gasteiger partial charge >= 0.3 is 6.03 Å². The first kappa shape index (κ1) is 16.1. The van der Waals surface area contributed by atoms with Crippen molar-refractivity contribution < 1.29 is 9.59 Å². The maximum atomic E-state index is 12.1. The molecular weight excluding hydrogens is 268 g/mol. The molecular formula is C15H28N4O2. The van der Waals surface area contributed by atoms with Gasteiger partial charge in [-0.15, -0.1) is 0 Å². The molecule has 2 rings (SSSR count). The van der Waals surface area contributed by atoms with Crippen LogP contribution in [-0.2, 0) is 4.79 Å². The summed E-state index contributed by atoms with van der Waals surface area (Å²) in [4.78, 5) is 27.7. The van der Waals surface area contributed by atoms with Crippen molar-refractivity contribution in [2.24, 2.45) is 5.73 Å². The highest BCUT2D eigenvalue weighted by Crippen LogP contribution is 2.19. The first-order valence-electron chi connectivity index (χ1n) is 8.24. The van der Waals surface area contributed by atoms with Gasteiger partial charge in [0.1, 0.15) is 0 Å². The van der Waals surface area contributed by atoms with Crippen molar-refractivity contribution in [1.82, 2.24) is 15.1 Å². The molecule has 0 atom stereocenters. The lowest BCUT2D eigenvalue weighted by atomic mass is 10.0. The molecule has 2 heterocycles. The Balaban J connectivity index is 1.64. The number of nitrogens with two attached hydrogens (primary N) is 1. The van der Waals surface area contributed by atoms with Crippen LogP contribution in [-0.4, -0.2) is 60.5 Å². The van der Waals surface area contributed by atoms with Gasteiger partial charge in [-0.1, -0.05) is 12.8 Å². The van der Waals surface area contributed by atoms with Gasteiger partial charge in [0, 0.05) is 38.6 Å². The van der Waals surface area contributed by atoms with Crippen LogP contribution >= 0.6 is 0 Å². The summed E-state index contributed by atoms with van der Waals surface area (Å²) in [5.41, 5.74) is 5.45. The Hall–Kier alpha value is -1.30. The molecule has 2 aliphatic rings. The van der Waals surface area contributed by atoms with E-state index in [2.05, 4.69) is 5.32 Å². The summed E-state index contributed by atoms with van der Waals surface area (Å²) in [5.74, 6) is 0.270. The van der Waals surface area contributed by atoms with Gasteiger partial charge in [-0.3, -0.25) is 4.79 Å². The Morgan fingerprint density at radius 3 is 2.48 bits per heavy atom. The van der Waals surface area contributed by atoms with Gasteiger partial charge in [-0.2, -0.15) is 0 Å². The minimum atomic E-state index is 0.0553. The molecule has 3 amide bonds. The Kier molecular flexibility index (Phi) is 6.29. The lowest BCUT2D eigenvalue weighted by Crippen LogP contribution is -2.47. The van der Waals surface area contributed by atoms with Crippen molar-refractivity contribution in [3.05, 3.63) is 0 Å². The molecule has 3 N–H and O–H groups in total. The van der Waals surface area contributed by atoms with E-state index in [1.165, 1.54) is 0 Å². The van der Waals surface area contributed by atoms with Gasteiger partial charge in [0.15, 0.2) is 0 Å². The number of amides is 3. The summed E-state index contributed by atoms with van der Waals surface area (Å²) < 4.78 is 0. The molecule has 120 valence electrons. The molecule has 6 heteroatoms. The lowest BCUT2D eigenvalue weighted by Gasteiger charge is -2.36. The number of unbranched alkanes of at least 4 members (excludes halogenated alkanes) is 3. The van der Waals surface area contributed by atoms with Gasteiger partial charge < -0.3 is 20.9 Å². The van der Waals surface area contributed by atoms with Crippen LogP contribution in [0.15, 0.2) is 0 Å². The smallest absolute Gasteiger partial charge is 0.317 e. The molecule has 0 aromatic heterocycles. The van der Waals surface area contributed by atoms with E-state index < -0.39 is 0 Å². The highest BCUT2D eigenvalue weighted by atomic mass is 16.2. The molecule has 0 spiro atoms. The van der Waals surface area contributed by atoms with Crippen LogP contribution in [0.3, 0.4) is 0 Å². The Bertz CT molecular complexity index is 354. The predicted octanol–water partition coefficient (Wildman–Crippen LogP) is 0.912. The summed E-state index contributed by atoms with van der Waals surface area (Å²) in [6, 6.07) is 0.362. The monoisotopic (exact) mass is 296 g/mol. The van der Waals surface area contributed by atoms with E-state index >= 15 is 0 Å². The van der Waals surface area contributed by atoms with E-state index in [4.69, 9.17) is 5.73 Å². The predicted molar refractivity (Wildman–Crippen MR) is 81.8 cm³/mol. The van der Waals surface area contributed by atoms with Crippen molar-refractivity contribution in [1.29, 1.82) is 0 Å². The fraction of sp³-hybridized carbons (Fsp3) is 0.867. The summed E-state index contributed by atoms with van der Waals surface area (Å²) in [5, 5.41) is 2.84. The van der Waals surface area contributed by atoms with E-state index in [1.54, 1.807) is 0 Å². The van der Waals surface area contributed by atoms with Crippen LogP contribution in [0.25, 0.3) is 0 Å². The fourth-order valence-corrected chi connectivity index (χ4v) is 3.19. The minimum absolute atomic E-state index is 0.0553. The molecule has 0 saturated carbocycles. The van der Waals surface area contributed by atoms with Crippen molar-refractivity contribution in [3.63, 3.8) is 0 Å². The van der Waals surface area contributed by atoms with Crippen LogP contribution in [0.5, 0.6) is 0 Å². The standard InChI is InChI=1S/C15H28N4O2/c16-8-4-2-1-3-5-14(20)18-10-6-13(7-11-18)19-12-9-17-15(19)21/h13H,1-12,16H2,(H,17,21). The molecule has 0 unspecified atom stereocenters. The van der Waals surface area contributed by atoms with Gasteiger partial charge in [-0.05, 0) is 32.2 Å². The lowest BCUT2D eigenvalue weighted by molar-refractivity contribution is -0.132. The average molecular weight is 296 g/mol. The van der Waals surface area contributed by atoms with Gasteiger partial charge in [0.2, 0.25) is 5.91 Å². The van der Waals surface area contributed by atoms with E-state index in [0.29, 0.717) is 12.5 Å². The zero-order valence-corrected chi connectivity index (χ0v) is 12.9. The normalized spacial score (nSPS) is 20.0. The summed E-state index contributed by atoms with van der Waals surface area (Å²) in [6.07, 6.45) is 6.70. The van der Waals surface area contributed by atoms with Gasteiger partial charge in [0.05, 0.1) is 0 Å². The molecule has 2 saturated heterocycles. The second-order valence-electron chi connectivity index (χ2n) is 5.99. The molecule has 2 aliphatic heterocycles. The fourth-order valence-electron chi connectivity index (χ4n) is 3.19. The number of carbonyl (C=O) groups excluding carboxylic acids is 2. The van der Waals surface area contributed by atoms with Crippen LogP contribution in [0.4, 0.5) is 4.79 Å². The molecule has 21 heavy (non-hydrogen) atoms. The molecule has 0 radical (unpaired) electrons. The van der Waals surface area contributed by atoms with E-state index in [0.717, 1.165) is 71.2 Å². The van der Waals surface area contributed by atoms with Crippen molar-refractivity contribution in [3.8, 4) is 0 Å². The third-order valence-electron chi connectivity index (χ3n) is 4.49. The number of nitrogens with one attached hydrogen (secondary N) is 1. The maximum absolute atomic E-state index is 12.1. The zero-order chi connectivity index (χ0) is 15.1. The largest absolute Gasteiger partial charge is 0.343 e. The number of urea groups is 1. The van der Waals surface area contributed by atoms with Crippen LogP contribution in [0, 0.1) is 0 Å². The number of piperidine rings is 1. The van der Waals surface area contributed by atoms with Gasteiger partial charge in [0.25, 0.3) is 0 Å². The highest BCUT2D eigenvalue weighted by molar-refractivity contribution is 5.77. The van der Waals surface area contributed by atoms with Crippen LogP contribution < -0.4 is 11.1 Å². The first-order valence-corrected chi connectivity index (χ1v) is 8.24. The number of hydrogen-bond donors (Lipinski definition) is 2. The molecule has 0 aliphatic carbocycles. The average Bonchev–Trinajstić information content (AvgIpc) is 2.93. The number of hydrogen-bond acceptors (Lipinski definition) is 3. The molecule has 0 aromatic rings. The SMILES string of the molecule is NCCCCCCC(=O)N1CCC(N2CCNC2=O)CC1. The zero-order valence-electron chi connectivity index (χ0n) is 12.9. The Labute approximate surface area is 127 Å². The molecule has 6 nitrogen and oxygen atoms in total. The summed E-state index contributed by atoms with van der Waals surface area (Å²) >= 11 is 0. The number of nitrogens with zero attached hydrogens (tertiary/aromatic N) is 2. The summed E-state index contributed by atoms with van der Waals surface area (Å²) in [6.45, 7) is 3.87. The van der Waals surface area contributed by atoms with Gasteiger partial charge in [-0.25, -0.2) is 4.79 Å². The van der Waals surface area contributed by atoms with E-state index in [1.807, 2.05) is 9.80 Å². The van der Waals surface area contributed by atoms with Crippen molar-refractivity contribution in [2.45, 2.75) is 51.0 Å². The number of likely N-dealkylation sites (tertiary alicyclic amines) is 1. The second-order valence-corrected chi connectivity index (χ2v) is 5.99. The van der Waals surface area contributed by atoms with Crippen LogP contribution in [0.1, 0.15) is 44.9 Å². The number of carbonyl (C=O) groups is 2. The number of rotatable bonds is 7. The van der Waals surface area contributed by atoms with E-state index in [9.17, 15) is 9.59 Å². The summed E-state index contributed by atoms with van der Waals surface area (Å²) in [7, 11) is 0. The minimum Gasteiger partial charge on any atom is -0.343 e. The highest BCUT2D eigenvalue weighted by Gasteiger charge is 2.31. The van der Waals surface area contributed by atoms with E-state index in [-0.39, 0.29) is 11.9 Å². The second kappa shape index (κ2) is 8.22. The van der Waals surface area contributed by atoms with Crippen molar-refractivity contribution in [2.75, 3.05) is 32.7 Å². The maximum Gasteiger partial charge on any atom is 0.317 e. The Morgan fingerprint density at radius 1 is 1.14 bits per heavy atom. The third kappa shape index (κ3) is 4.59. The quantitative estimate of drug-likeness (QED) is 0.685. The third-order valence-corrected chi connectivity index (χ3v) is 4.49.